The molecule has 0 amide bonds. The molecule has 0 aromatic heterocycles. The van der Waals surface area contributed by atoms with Gasteiger partial charge in [-0.05, 0) is 61.6 Å². The Morgan fingerprint density at radius 2 is 1.77 bits per heavy atom. The van der Waals surface area contributed by atoms with Crippen LogP contribution in [-0.4, -0.2) is 45.0 Å². The van der Waals surface area contributed by atoms with Gasteiger partial charge in [0.1, 0.15) is 18.1 Å². The van der Waals surface area contributed by atoms with E-state index in [-0.39, 0.29) is 5.78 Å². The Labute approximate surface area is 188 Å². The molecule has 0 atom stereocenters. The molecule has 0 aliphatic heterocycles. The van der Waals surface area contributed by atoms with Crippen LogP contribution in [0.1, 0.15) is 15.9 Å². The van der Waals surface area contributed by atoms with Gasteiger partial charge in [-0.25, -0.2) is 0 Å². The summed E-state index contributed by atoms with van der Waals surface area (Å²) in [6.07, 6.45) is 3.35. The first-order chi connectivity index (χ1) is 15.0. The Morgan fingerprint density at radius 3 is 2.45 bits per heavy atom. The van der Waals surface area contributed by atoms with Crippen molar-refractivity contribution >= 4 is 23.5 Å². The molecule has 0 saturated heterocycles. The molecule has 160 valence electrons. The zero-order chi connectivity index (χ0) is 22.2. The molecule has 0 saturated carbocycles. The molecule has 0 aliphatic carbocycles. The van der Waals surface area contributed by atoms with E-state index in [0.717, 1.165) is 29.0 Å². The van der Waals surface area contributed by atoms with Crippen LogP contribution in [0.2, 0.25) is 5.02 Å². The molecule has 3 aromatic rings. The Bertz CT molecular complexity index is 1060. The van der Waals surface area contributed by atoms with Gasteiger partial charge in [-0.2, -0.15) is 0 Å². The Balaban J connectivity index is 1.91. The number of hydrogen-bond acceptors (Lipinski definition) is 4. The average molecular weight is 436 g/mol. The molecule has 0 unspecified atom stereocenters. The minimum Gasteiger partial charge on any atom is -0.497 e. The minimum atomic E-state index is -0.135. The maximum atomic E-state index is 13.1. The van der Waals surface area contributed by atoms with Crippen molar-refractivity contribution in [2.24, 2.45) is 0 Å². The molecule has 3 rings (SSSR count). The number of rotatable bonds is 9. The van der Waals surface area contributed by atoms with Gasteiger partial charge in [-0.1, -0.05) is 54.1 Å². The molecule has 0 N–H and O–H groups in total. The zero-order valence-corrected chi connectivity index (χ0v) is 18.7. The molecule has 0 bridgehead atoms. The second kappa shape index (κ2) is 10.8. The van der Waals surface area contributed by atoms with Crippen LogP contribution >= 0.6 is 11.6 Å². The first-order valence-electron chi connectivity index (χ1n) is 10.0. The molecular weight excluding hydrogens is 410 g/mol. The summed E-state index contributed by atoms with van der Waals surface area (Å²) in [4.78, 5) is 15.1. The standard InChI is InChI=1S/C26H26ClNO3/c1-28(2)16-17-31-26-15-11-20(22-6-4-5-7-24(22)27)18-23(26)25(29)14-10-19-8-12-21(30-3)13-9-19/h4-15,18H,16-17H2,1-3H3. The lowest BCUT2D eigenvalue weighted by Crippen LogP contribution is -2.20. The van der Waals surface area contributed by atoms with E-state index in [1.165, 1.54) is 0 Å². The number of methoxy groups -OCH3 is 1. The average Bonchev–Trinajstić information content (AvgIpc) is 2.78. The fraction of sp³-hybridized carbons (Fsp3) is 0.192. The third-order valence-corrected chi connectivity index (χ3v) is 5.10. The van der Waals surface area contributed by atoms with Crippen molar-refractivity contribution in [1.82, 2.24) is 4.90 Å². The van der Waals surface area contributed by atoms with Crippen molar-refractivity contribution in [3.63, 3.8) is 0 Å². The van der Waals surface area contributed by atoms with Crippen molar-refractivity contribution in [3.05, 3.63) is 89.0 Å². The van der Waals surface area contributed by atoms with Gasteiger partial charge >= 0.3 is 0 Å². The van der Waals surface area contributed by atoms with Crippen LogP contribution in [-0.2, 0) is 0 Å². The lowest BCUT2D eigenvalue weighted by atomic mass is 9.99. The van der Waals surface area contributed by atoms with Gasteiger partial charge < -0.3 is 14.4 Å². The van der Waals surface area contributed by atoms with Crippen molar-refractivity contribution < 1.29 is 14.3 Å². The molecule has 0 radical (unpaired) electrons. The Morgan fingerprint density at radius 1 is 1.03 bits per heavy atom. The topological polar surface area (TPSA) is 38.8 Å². The van der Waals surface area contributed by atoms with Crippen LogP contribution in [0.25, 0.3) is 17.2 Å². The summed E-state index contributed by atoms with van der Waals surface area (Å²) in [5, 5.41) is 0.635. The zero-order valence-electron chi connectivity index (χ0n) is 18.0. The SMILES string of the molecule is COc1ccc(C=CC(=O)c2cc(-c3ccccc3Cl)ccc2OCCN(C)C)cc1. The minimum absolute atomic E-state index is 0.135. The fourth-order valence-electron chi connectivity index (χ4n) is 3.03. The van der Waals surface area contributed by atoms with Crippen molar-refractivity contribution in [3.8, 4) is 22.6 Å². The summed E-state index contributed by atoms with van der Waals surface area (Å²) in [5.41, 5.74) is 3.15. The van der Waals surface area contributed by atoms with E-state index in [2.05, 4.69) is 0 Å². The van der Waals surface area contributed by atoms with Crippen molar-refractivity contribution in [2.75, 3.05) is 34.4 Å². The third kappa shape index (κ3) is 6.20. The van der Waals surface area contributed by atoms with Crippen molar-refractivity contribution in [1.29, 1.82) is 0 Å². The summed E-state index contributed by atoms with van der Waals surface area (Å²) in [7, 11) is 5.58. The largest absolute Gasteiger partial charge is 0.497 e. The third-order valence-electron chi connectivity index (χ3n) is 4.77. The molecule has 0 spiro atoms. The van der Waals surface area contributed by atoms with Gasteiger partial charge in [0.15, 0.2) is 5.78 Å². The van der Waals surface area contributed by atoms with Gasteiger partial charge in [0.2, 0.25) is 0 Å². The van der Waals surface area contributed by atoms with Crippen LogP contribution in [0.3, 0.4) is 0 Å². The summed E-state index contributed by atoms with van der Waals surface area (Å²) >= 11 is 6.37. The number of ether oxygens (including phenoxy) is 2. The molecule has 4 nitrogen and oxygen atoms in total. The van der Waals surface area contributed by atoms with Crippen LogP contribution in [0.5, 0.6) is 11.5 Å². The number of ketones is 1. The molecule has 31 heavy (non-hydrogen) atoms. The van der Waals surface area contributed by atoms with Crippen LogP contribution in [0.4, 0.5) is 0 Å². The first kappa shape index (κ1) is 22.6. The van der Waals surface area contributed by atoms with Crippen LogP contribution < -0.4 is 9.47 Å². The summed E-state index contributed by atoms with van der Waals surface area (Å²) in [6.45, 7) is 1.24. The van der Waals surface area contributed by atoms with Gasteiger partial charge in [0, 0.05) is 17.1 Å². The number of hydrogen-bond donors (Lipinski definition) is 0. The molecule has 0 aliphatic rings. The van der Waals surface area contributed by atoms with E-state index in [1.54, 1.807) is 19.3 Å². The second-order valence-electron chi connectivity index (χ2n) is 7.31. The normalized spacial score (nSPS) is 11.1. The van der Waals surface area contributed by atoms with E-state index in [0.29, 0.717) is 22.9 Å². The maximum Gasteiger partial charge on any atom is 0.189 e. The highest BCUT2D eigenvalue weighted by molar-refractivity contribution is 6.33. The van der Waals surface area contributed by atoms with Gasteiger partial charge in [-0.15, -0.1) is 0 Å². The van der Waals surface area contributed by atoms with E-state index >= 15 is 0 Å². The number of benzene rings is 3. The Kier molecular flexibility index (Phi) is 7.88. The maximum absolute atomic E-state index is 13.1. The number of allylic oxidation sites excluding steroid dienone is 1. The Hall–Kier alpha value is -3.08. The second-order valence-corrected chi connectivity index (χ2v) is 7.72. The summed E-state index contributed by atoms with van der Waals surface area (Å²) < 4.78 is 11.1. The predicted octanol–water partition coefficient (Wildman–Crippen LogP) is 5.85. The van der Waals surface area contributed by atoms with Crippen molar-refractivity contribution in [2.45, 2.75) is 0 Å². The number of halogens is 1. The highest BCUT2D eigenvalue weighted by atomic mass is 35.5. The first-order valence-corrected chi connectivity index (χ1v) is 10.4. The highest BCUT2D eigenvalue weighted by Crippen LogP contribution is 2.32. The van der Waals surface area contributed by atoms with Crippen LogP contribution in [0.15, 0.2) is 72.8 Å². The monoisotopic (exact) mass is 435 g/mol. The molecule has 5 heteroatoms. The summed E-state index contributed by atoms with van der Waals surface area (Å²) in [5.74, 6) is 1.19. The predicted molar refractivity (Wildman–Crippen MR) is 127 cm³/mol. The number of nitrogens with zero attached hydrogens (tertiary/aromatic N) is 1. The fourth-order valence-corrected chi connectivity index (χ4v) is 3.27. The number of carbonyl (C=O) groups excluding carboxylic acids is 1. The highest BCUT2D eigenvalue weighted by Gasteiger charge is 2.14. The molecular formula is C26H26ClNO3. The van der Waals surface area contributed by atoms with E-state index in [4.69, 9.17) is 21.1 Å². The molecule has 0 fully saturated rings. The van der Waals surface area contributed by atoms with Crippen LogP contribution in [0, 0.1) is 0 Å². The smallest absolute Gasteiger partial charge is 0.189 e. The lowest BCUT2D eigenvalue weighted by molar-refractivity contribution is 0.104. The lowest BCUT2D eigenvalue weighted by Gasteiger charge is -2.14. The van der Waals surface area contributed by atoms with E-state index in [1.807, 2.05) is 85.7 Å². The van der Waals surface area contributed by atoms with E-state index in [9.17, 15) is 4.79 Å². The quantitative estimate of drug-likeness (QED) is 0.312. The van der Waals surface area contributed by atoms with Gasteiger partial charge in [0.25, 0.3) is 0 Å². The van der Waals surface area contributed by atoms with Gasteiger partial charge in [-0.3, -0.25) is 4.79 Å². The molecule has 0 heterocycles. The van der Waals surface area contributed by atoms with Gasteiger partial charge in [0.05, 0.1) is 12.7 Å². The molecule has 3 aromatic carbocycles. The number of carbonyl (C=O) groups is 1. The number of likely N-dealkylation sites (N-methyl/N-ethyl adjacent to an activating group) is 1. The summed E-state index contributed by atoms with van der Waals surface area (Å²) in [6, 6.07) is 20.7. The van der Waals surface area contributed by atoms with E-state index < -0.39 is 0 Å².